The third-order valence-electron chi connectivity index (χ3n) is 2.20. The summed E-state index contributed by atoms with van der Waals surface area (Å²) >= 11 is 0. The van der Waals surface area contributed by atoms with Crippen LogP contribution in [0.25, 0.3) is 0 Å². The van der Waals surface area contributed by atoms with Gasteiger partial charge in [0.05, 0.1) is 11.8 Å². The number of rotatable bonds is 5. The zero-order chi connectivity index (χ0) is 11.3. The van der Waals surface area contributed by atoms with Crippen LogP contribution in [0.3, 0.4) is 0 Å². The van der Waals surface area contributed by atoms with Crippen LogP contribution in [-0.4, -0.2) is 29.4 Å². The highest BCUT2D eigenvalue weighted by Crippen LogP contribution is 2.26. The van der Waals surface area contributed by atoms with Gasteiger partial charge in [0.25, 0.3) is 0 Å². The number of aliphatic hydroxyl groups is 1. The molecule has 1 aromatic carbocycles. The Hall–Kier alpha value is -1.22. The van der Waals surface area contributed by atoms with Gasteiger partial charge in [-0.1, -0.05) is 19.1 Å². The first-order valence-corrected chi connectivity index (χ1v) is 5.36. The maximum absolute atomic E-state index is 9.70. The number of anilines is 1. The predicted octanol–water partition coefficient (Wildman–Crippen LogP) is 1.99. The van der Waals surface area contributed by atoms with Crippen LogP contribution in [0, 0.1) is 0 Å². The van der Waals surface area contributed by atoms with Crippen molar-refractivity contribution < 1.29 is 10.2 Å². The lowest BCUT2D eigenvalue weighted by molar-refractivity contribution is 0.199. The average molecular weight is 209 g/mol. The van der Waals surface area contributed by atoms with Crippen LogP contribution in [-0.2, 0) is 0 Å². The second-order valence-corrected chi connectivity index (χ2v) is 3.78. The average Bonchev–Trinajstić information content (AvgIpc) is 2.17. The summed E-state index contributed by atoms with van der Waals surface area (Å²) in [6.45, 7) is 5.21. The molecular formula is C12H19NO2. The minimum Gasteiger partial charge on any atom is -0.506 e. The second-order valence-electron chi connectivity index (χ2n) is 3.78. The van der Waals surface area contributed by atoms with Gasteiger partial charge in [0.1, 0.15) is 5.75 Å². The van der Waals surface area contributed by atoms with Crippen molar-refractivity contribution in [1.82, 2.24) is 0 Å². The van der Waals surface area contributed by atoms with E-state index in [1.165, 1.54) is 0 Å². The highest BCUT2D eigenvalue weighted by atomic mass is 16.3. The van der Waals surface area contributed by atoms with Gasteiger partial charge in [0, 0.05) is 13.1 Å². The van der Waals surface area contributed by atoms with Crippen LogP contribution in [0.2, 0.25) is 0 Å². The lowest BCUT2D eigenvalue weighted by Gasteiger charge is -2.26. The summed E-state index contributed by atoms with van der Waals surface area (Å²) in [5.41, 5.74) is 0.792. The summed E-state index contributed by atoms with van der Waals surface area (Å²) in [5.74, 6) is 0.270. The van der Waals surface area contributed by atoms with E-state index in [1.807, 2.05) is 17.0 Å². The second kappa shape index (κ2) is 5.61. The lowest BCUT2D eigenvalue weighted by Crippen LogP contribution is -2.31. The molecule has 0 saturated heterocycles. The van der Waals surface area contributed by atoms with Crippen LogP contribution < -0.4 is 4.90 Å². The molecule has 0 saturated carbocycles. The van der Waals surface area contributed by atoms with Gasteiger partial charge in [-0.15, -0.1) is 0 Å². The van der Waals surface area contributed by atoms with E-state index in [-0.39, 0.29) is 5.75 Å². The van der Waals surface area contributed by atoms with E-state index in [0.717, 1.165) is 18.7 Å². The fourth-order valence-electron chi connectivity index (χ4n) is 1.63. The Kier molecular flexibility index (Phi) is 4.43. The van der Waals surface area contributed by atoms with Gasteiger partial charge in [-0.25, -0.2) is 0 Å². The SMILES string of the molecule is CCCN(CC(C)O)c1ccccc1O. The summed E-state index contributed by atoms with van der Waals surface area (Å²) in [7, 11) is 0. The zero-order valence-corrected chi connectivity index (χ0v) is 9.35. The Morgan fingerprint density at radius 3 is 2.53 bits per heavy atom. The molecule has 84 valence electrons. The molecule has 0 spiro atoms. The Balaban J connectivity index is 2.83. The summed E-state index contributed by atoms with van der Waals surface area (Å²) < 4.78 is 0. The number of benzene rings is 1. The Morgan fingerprint density at radius 1 is 1.33 bits per heavy atom. The van der Waals surface area contributed by atoms with Crippen LogP contribution >= 0.6 is 0 Å². The number of phenols is 1. The Labute approximate surface area is 91.0 Å². The van der Waals surface area contributed by atoms with Gasteiger partial charge >= 0.3 is 0 Å². The molecule has 3 heteroatoms. The van der Waals surface area contributed by atoms with E-state index in [2.05, 4.69) is 6.92 Å². The number of hydrogen-bond donors (Lipinski definition) is 2. The highest BCUT2D eigenvalue weighted by Gasteiger charge is 2.11. The number of hydrogen-bond acceptors (Lipinski definition) is 3. The first-order valence-electron chi connectivity index (χ1n) is 5.36. The van der Waals surface area contributed by atoms with Crippen molar-refractivity contribution in [1.29, 1.82) is 0 Å². The van der Waals surface area contributed by atoms with Gasteiger partial charge in [0.15, 0.2) is 0 Å². The van der Waals surface area contributed by atoms with Gasteiger partial charge in [0.2, 0.25) is 0 Å². The number of phenolic OH excluding ortho intramolecular Hbond substituents is 1. The molecule has 1 unspecified atom stereocenters. The van der Waals surface area contributed by atoms with Gasteiger partial charge in [-0.3, -0.25) is 0 Å². The molecule has 15 heavy (non-hydrogen) atoms. The Morgan fingerprint density at radius 2 is 2.00 bits per heavy atom. The molecule has 0 amide bonds. The van der Waals surface area contributed by atoms with E-state index in [9.17, 15) is 10.2 Å². The fourth-order valence-corrected chi connectivity index (χ4v) is 1.63. The molecule has 0 fully saturated rings. The van der Waals surface area contributed by atoms with Crippen molar-refractivity contribution in [2.45, 2.75) is 26.4 Å². The molecule has 0 aliphatic rings. The van der Waals surface area contributed by atoms with Crippen molar-refractivity contribution >= 4 is 5.69 Å². The summed E-state index contributed by atoms with van der Waals surface area (Å²) in [5, 5.41) is 19.1. The van der Waals surface area contributed by atoms with Crippen LogP contribution in [0.15, 0.2) is 24.3 Å². The van der Waals surface area contributed by atoms with Crippen molar-refractivity contribution in [2.75, 3.05) is 18.0 Å². The van der Waals surface area contributed by atoms with E-state index in [1.54, 1.807) is 19.1 Å². The lowest BCUT2D eigenvalue weighted by atomic mass is 10.2. The molecule has 0 heterocycles. The fraction of sp³-hybridized carbons (Fsp3) is 0.500. The van der Waals surface area contributed by atoms with E-state index >= 15 is 0 Å². The standard InChI is InChI=1S/C12H19NO2/c1-3-8-13(9-10(2)14)11-6-4-5-7-12(11)15/h4-7,10,14-15H,3,8-9H2,1-2H3. The smallest absolute Gasteiger partial charge is 0.138 e. The van der Waals surface area contributed by atoms with Crippen molar-refractivity contribution in [2.24, 2.45) is 0 Å². The summed E-state index contributed by atoms with van der Waals surface area (Å²) in [4.78, 5) is 2.00. The molecule has 0 aromatic heterocycles. The Bertz CT molecular complexity index is 299. The minimum absolute atomic E-state index is 0.270. The predicted molar refractivity (Wildman–Crippen MR) is 62.3 cm³/mol. The molecule has 0 bridgehead atoms. The first kappa shape index (κ1) is 11.9. The molecule has 1 rings (SSSR count). The third-order valence-corrected chi connectivity index (χ3v) is 2.20. The van der Waals surface area contributed by atoms with Gasteiger partial charge in [-0.05, 0) is 25.5 Å². The minimum atomic E-state index is -0.392. The van der Waals surface area contributed by atoms with Gasteiger partial charge in [-0.2, -0.15) is 0 Å². The zero-order valence-electron chi connectivity index (χ0n) is 9.35. The molecular weight excluding hydrogens is 190 g/mol. The molecule has 2 N–H and O–H groups in total. The largest absolute Gasteiger partial charge is 0.506 e. The number of aliphatic hydroxyl groups excluding tert-OH is 1. The molecule has 3 nitrogen and oxygen atoms in total. The molecule has 0 radical (unpaired) electrons. The molecule has 1 aromatic rings. The maximum atomic E-state index is 9.70. The van der Waals surface area contributed by atoms with Crippen LogP contribution in [0.1, 0.15) is 20.3 Å². The highest BCUT2D eigenvalue weighted by molar-refractivity contribution is 5.57. The van der Waals surface area contributed by atoms with Crippen LogP contribution in [0.4, 0.5) is 5.69 Å². The number of para-hydroxylation sites is 2. The molecule has 1 atom stereocenters. The van der Waals surface area contributed by atoms with Crippen molar-refractivity contribution in [3.8, 4) is 5.75 Å². The van der Waals surface area contributed by atoms with E-state index in [4.69, 9.17) is 0 Å². The van der Waals surface area contributed by atoms with Crippen LogP contribution in [0.5, 0.6) is 5.75 Å². The topological polar surface area (TPSA) is 43.7 Å². The third kappa shape index (κ3) is 3.44. The van der Waals surface area contributed by atoms with E-state index in [0.29, 0.717) is 6.54 Å². The molecule has 0 aliphatic heterocycles. The molecule has 0 aliphatic carbocycles. The quantitative estimate of drug-likeness (QED) is 0.779. The summed E-state index contributed by atoms with van der Waals surface area (Å²) in [6, 6.07) is 7.22. The monoisotopic (exact) mass is 209 g/mol. The number of aromatic hydroxyl groups is 1. The normalized spacial score (nSPS) is 12.5. The maximum Gasteiger partial charge on any atom is 0.138 e. The van der Waals surface area contributed by atoms with Crippen molar-refractivity contribution in [3.63, 3.8) is 0 Å². The first-order chi connectivity index (χ1) is 7.15. The van der Waals surface area contributed by atoms with Crippen molar-refractivity contribution in [3.05, 3.63) is 24.3 Å². The van der Waals surface area contributed by atoms with E-state index < -0.39 is 6.10 Å². The number of nitrogens with zero attached hydrogens (tertiary/aromatic N) is 1. The summed E-state index contributed by atoms with van der Waals surface area (Å²) in [6.07, 6.45) is 0.595. The van der Waals surface area contributed by atoms with Gasteiger partial charge < -0.3 is 15.1 Å².